The van der Waals surface area contributed by atoms with Crippen LogP contribution in [0.3, 0.4) is 0 Å². The third-order valence-electron chi connectivity index (χ3n) is 9.85. The van der Waals surface area contributed by atoms with Gasteiger partial charge < -0.3 is 25.0 Å². The summed E-state index contributed by atoms with van der Waals surface area (Å²) >= 11 is 1.32. The Hall–Kier alpha value is -4.24. The van der Waals surface area contributed by atoms with E-state index in [0.29, 0.717) is 47.8 Å². The molecule has 3 N–H and O–H groups in total. The molecule has 2 saturated carbocycles. The van der Waals surface area contributed by atoms with Crippen molar-refractivity contribution in [3.63, 3.8) is 0 Å². The van der Waals surface area contributed by atoms with Gasteiger partial charge in [0.25, 0.3) is 11.1 Å². The third-order valence-corrected chi connectivity index (χ3v) is 12.6. The Balaban J connectivity index is 1.18. The molecule has 2 aliphatic carbocycles. The van der Waals surface area contributed by atoms with Crippen molar-refractivity contribution in [2.45, 2.75) is 86.8 Å². The number of halogens is 1. The summed E-state index contributed by atoms with van der Waals surface area (Å²) in [6.07, 6.45) is 8.10. The first-order valence-electron chi connectivity index (χ1n) is 17.0. The highest BCUT2D eigenvalue weighted by atomic mass is 32.2. The number of anilines is 1. The van der Waals surface area contributed by atoms with Crippen LogP contribution in [0, 0.1) is 11.7 Å². The molecule has 0 radical (unpaired) electrons. The number of allylic oxidation sites excluding steroid dienone is 1. The summed E-state index contributed by atoms with van der Waals surface area (Å²) in [6.45, 7) is 0.0656. The number of aromatic nitrogens is 1. The predicted molar refractivity (Wildman–Crippen MR) is 186 cm³/mol. The van der Waals surface area contributed by atoms with Crippen molar-refractivity contribution in [3.05, 3.63) is 60.4 Å². The van der Waals surface area contributed by atoms with E-state index in [1.54, 1.807) is 25.3 Å². The molecule has 12 nitrogen and oxygen atoms in total. The number of rotatable bonds is 8. The number of fused-ring (bicyclic) bond motifs is 3. The van der Waals surface area contributed by atoms with Gasteiger partial charge in [-0.05, 0) is 74.9 Å². The molecule has 1 aromatic heterocycles. The van der Waals surface area contributed by atoms with Gasteiger partial charge in [0, 0.05) is 18.0 Å². The van der Waals surface area contributed by atoms with Crippen LogP contribution in [0.5, 0.6) is 10.9 Å². The highest BCUT2D eigenvalue weighted by molar-refractivity contribution is 7.91. The number of benzene rings is 2. The SMILES string of the molecule is COc1ccc2nc(O[C@@H]3C[C@H]4C(=O)N[C@]5(C(=O)NS(=O)(=O)C6CC6)C[C@H]5/C=C\CCCCC[C@H](Nc5cccc(F)c5)C(=O)N4C3)sc2c1. The topological polar surface area (TPSA) is 156 Å². The number of methoxy groups -OCH3 is 1. The number of carbonyl (C=O) groups is 3. The Morgan fingerprint density at radius 1 is 1.12 bits per heavy atom. The van der Waals surface area contributed by atoms with Crippen molar-refractivity contribution in [1.29, 1.82) is 0 Å². The number of ether oxygens (including phenoxy) is 2. The zero-order chi connectivity index (χ0) is 35.0. The molecule has 3 aromatic rings. The summed E-state index contributed by atoms with van der Waals surface area (Å²) in [6, 6.07) is 9.57. The molecule has 7 rings (SSSR count). The van der Waals surface area contributed by atoms with Gasteiger partial charge >= 0.3 is 0 Å². The molecular formula is C35H40FN5O7S2. The third kappa shape index (κ3) is 7.29. The maximum absolute atomic E-state index is 14.4. The molecule has 3 fully saturated rings. The van der Waals surface area contributed by atoms with Crippen LogP contribution in [0.15, 0.2) is 54.6 Å². The number of hydrogen-bond acceptors (Lipinski definition) is 10. The molecule has 3 heterocycles. The normalized spacial score (nSPS) is 28.0. The lowest BCUT2D eigenvalue weighted by Gasteiger charge is -2.30. The smallest absolute Gasteiger partial charge is 0.274 e. The first-order valence-corrected chi connectivity index (χ1v) is 19.4. The van der Waals surface area contributed by atoms with E-state index < -0.39 is 62.5 Å². The van der Waals surface area contributed by atoms with E-state index in [2.05, 4.69) is 20.3 Å². The molecule has 2 aromatic carbocycles. The van der Waals surface area contributed by atoms with Crippen molar-refractivity contribution >= 4 is 55.0 Å². The van der Waals surface area contributed by atoms with E-state index in [4.69, 9.17) is 9.47 Å². The minimum Gasteiger partial charge on any atom is -0.497 e. The Bertz CT molecular complexity index is 1930. The summed E-state index contributed by atoms with van der Waals surface area (Å²) in [5, 5.41) is 5.85. The average Bonchev–Trinajstić information content (AvgIpc) is 3.98. The fraction of sp³-hybridized carbons (Fsp3) is 0.486. The lowest BCUT2D eigenvalue weighted by molar-refractivity contribution is -0.140. The van der Waals surface area contributed by atoms with Crippen LogP contribution >= 0.6 is 11.3 Å². The molecule has 2 aliphatic heterocycles. The van der Waals surface area contributed by atoms with Gasteiger partial charge in [-0.15, -0.1) is 0 Å². The number of amides is 3. The number of hydrogen-bond donors (Lipinski definition) is 3. The molecule has 266 valence electrons. The number of thiazole rings is 1. The summed E-state index contributed by atoms with van der Waals surface area (Å²) in [4.78, 5) is 48.3. The van der Waals surface area contributed by atoms with Crippen LogP contribution in [-0.2, 0) is 24.4 Å². The molecule has 0 spiro atoms. The minimum absolute atomic E-state index is 0.0656. The summed E-state index contributed by atoms with van der Waals surface area (Å²) in [7, 11) is -2.28. The first-order chi connectivity index (χ1) is 24.0. The Labute approximate surface area is 293 Å². The molecule has 4 aliphatic rings. The average molecular weight is 726 g/mol. The summed E-state index contributed by atoms with van der Waals surface area (Å²) in [5.74, 6) is -1.87. The van der Waals surface area contributed by atoms with Crippen molar-refractivity contribution in [3.8, 4) is 10.9 Å². The van der Waals surface area contributed by atoms with Crippen LogP contribution in [0.1, 0.15) is 57.8 Å². The monoisotopic (exact) mass is 725 g/mol. The van der Waals surface area contributed by atoms with Crippen molar-refractivity contribution < 1.29 is 36.7 Å². The molecule has 5 atom stereocenters. The van der Waals surface area contributed by atoms with Gasteiger partial charge in [-0.1, -0.05) is 42.4 Å². The molecule has 1 saturated heterocycles. The molecule has 50 heavy (non-hydrogen) atoms. The standard InChI is InChI=1S/C35H40FN5O7S2/c1-47-24-12-15-27-30(18-24)49-34(38-27)48-25-17-29-31(42)39-35(33(44)40-50(45,46)26-13-14-26)19-21(35)8-5-3-2-4-6-11-28(32(43)41(29)20-25)37-23-10-7-9-22(36)16-23/h5,7-10,12,15-16,18,21,25-26,28-29,37H,2-4,6,11,13-14,17,19-20H2,1H3,(H,39,42)(H,40,44)/b8-5-/t21-,25-,28+,29+,35-/m1/s1. The maximum atomic E-state index is 14.4. The number of nitrogens with one attached hydrogen (secondary N) is 3. The zero-order valence-corrected chi connectivity index (χ0v) is 29.2. The predicted octanol–water partition coefficient (Wildman–Crippen LogP) is 4.28. The van der Waals surface area contributed by atoms with Crippen LogP contribution in [0.25, 0.3) is 10.2 Å². The van der Waals surface area contributed by atoms with Gasteiger partial charge in [-0.25, -0.2) is 17.8 Å². The number of carbonyl (C=O) groups excluding carboxylic acids is 3. The van der Waals surface area contributed by atoms with E-state index in [1.807, 2.05) is 24.3 Å². The Kier molecular flexibility index (Phi) is 9.46. The van der Waals surface area contributed by atoms with Crippen molar-refractivity contribution in [2.24, 2.45) is 5.92 Å². The second kappa shape index (κ2) is 13.8. The molecular weight excluding hydrogens is 686 g/mol. The maximum Gasteiger partial charge on any atom is 0.274 e. The summed E-state index contributed by atoms with van der Waals surface area (Å²) < 4.78 is 54.4. The van der Waals surface area contributed by atoms with Crippen LogP contribution in [-0.4, -0.2) is 78.7 Å². The fourth-order valence-corrected chi connectivity index (χ4v) is 9.10. The van der Waals surface area contributed by atoms with Crippen LogP contribution in [0.2, 0.25) is 0 Å². The van der Waals surface area contributed by atoms with Crippen LogP contribution < -0.4 is 24.8 Å². The Morgan fingerprint density at radius 2 is 1.96 bits per heavy atom. The van der Waals surface area contributed by atoms with E-state index in [9.17, 15) is 27.2 Å². The Morgan fingerprint density at radius 3 is 2.74 bits per heavy atom. The molecule has 0 unspecified atom stereocenters. The zero-order valence-electron chi connectivity index (χ0n) is 27.6. The number of nitrogens with zero attached hydrogens (tertiary/aromatic N) is 2. The van der Waals surface area contributed by atoms with E-state index in [1.165, 1.54) is 28.4 Å². The minimum atomic E-state index is -3.86. The van der Waals surface area contributed by atoms with Gasteiger partial charge in [0.1, 0.15) is 35.3 Å². The van der Waals surface area contributed by atoms with Gasteiger partial charge in [-0.2, -0.15) is 0 Å². The molecule has 15 heteroatoms. The number of sulfonamides is 1. The van der Waals surface area contributed by atoms with Gasteiger partial charge in [-0.3, -0.25) is 19.1 Å². The van der Waals surface area contributed by atoms with E-state index in [-0.39, 0.29) is 25.3 Å². The molecule has 0 bridgehead atoms. The van der Waals surface area contributed by atoms with E-state index in [0.717, 1.165) is 24.0 Å². The van der Waals surface area contributed by atoms with Gasteiger partial charge in [0.2, 0.25) is 21.8 Å². The van der Waals surface area contributed by atoms with Crippen LogP contribution in [0.4, 0.5) is 10.1 Å². The lowest BCUT2D eigenvalue weighted by Crippen LogP contribution is -2.57. The highest BCUT2D eigenvalue weighted by Gasteiger charge is 2.62. The second-order valence-corrected chi connectivity index (χ2v) is 16.5. The highest BCUT2D eigenvalue weighted by Crippen LogP contribution is 2.46. The van der Waals surface area contributed by atoms with Gasteiger partial charge in [0.15, 0.2) is 0 Å². The second-order valence-electron chi connectivity index (χ2n) is 13.5. The lowest BCUT2D eigenvalue weighted by atomic mass is 10.0. The fourth-order valence-electron chi connectivity index (χ4n) is 6.83. The van der Waals surface area contributed by atoms with Crippen molar-refractivity contribution in [2.75, 3.05) is 19.0 Å². The first kappa shape index (κ1) is 34.2. The van der Waals surface area contributed by atoms with Gasteiger partial charge in [0.05, 0.1) is 29.1 Å². The van der Waals surface area contributed by atoms with E-state index >= 15 is 0 Å². The largest absolute Gasteiger partial charge is 0.497 e. The van der Waals surface area contributed by atoms with Crippen molar-refractivity contribution in [1.82, 2.24) is 19.9 Å². The summed E-state index contributed by atoms with van der Waals surface area (Å²) in [5.41, 5.74) is -0.307. The quantitative estimate of drug-likeness (QED) is 0.289. The molecule has 3 amide bonds.